The lowest BCUT2D eigenvalue weighted by Crippen LogP contribution is -2.45. The fourth-order valence-corrected chi connectivity index (χ4v) is 2.11. The molecule has 1 unspecified atom stereocenters. The van der Waals surface area contributed by atoms with Crippen LogP contribution in [0.15, 0.2) is 24.3 Å². The Labute approximate surface area is 118 Å². The number of benzene rings is 1. The summed E-state index contributed by atoms with van der Waals surface area (Å²) >= 11 is 0. The minimum absolute atomic E-state index is 0.280. The summed E-state index contributed by atoms with van der Waals surface area (Å²) < 4.78 is 13.3. The molecule has 5 heteroatoms. The second-order valence-electron chi connectivity index (χ2n) is 5.70. The van der Waals surface area contributed by atoms with Crippen LogP contribution in [-0.2, 0) is 9.59 Å². The molecule has 0 aliphatic carbocycles. The molecule has 1 rings (SSSR count). The van der Waals surface area contributed by atoms with Crippen LogP contribution in [0.5, 0.6) is 0 Å². The van der Waals surface area contributed by atoms with Crippen molar-refractivity contribution in [2.75, 3.05) is 11.4 Å². The molecule has 0 bridgehead atoms. The van der Waals surface area contributed by atoms with Crippen molar-refractivity contribution in [1.82, 2.24) is 0 Å². The first-order valence-corrected chi connectivity index (χ1v) is 6.48. The highest BCUT2D eigenvalue weighted by atomic mass is 19.1. The van der Waals surface area contributed by atoms with E-state index in [4.69, 9.17) is 0 Å². The number of anilines is 1. The van der Waals surface area contributed by atoms with E-state index in [1.165, 1.54) is 23.1 Å². The Morgan fingerprint density at radius 3 is 2.35 bits per heavy atom. The van der Waals surface area contributed by atoms with E-state index >= 15 is 0 Å². The molecule has 4 nitrogen and oxygen atoms in total. The lowest BCUT2D eigenvalue weighted by atomic mass is 9.79. The topological polar surface area (TPSA) is 57.6 Å². The minimum atomic E-state index is -1.18. The second-order valence-corrected chi connectivity index (χ2v) is 5.70. The molecule has 0 aliphatic rings. The van der Waals surface area contributed by atoms with Gasteiger partial charge >= 0.3 is 5.97 Å². The fourth-order valence-electron chi connectivity index (χ4n) is 2.11. The molecule has 1 atom stereocenters. The van der Waals surface area contributed by atoms with Crippen LogP contribution >= 0.6 is 0 Å². The highest BCUT2D eigenvalue weighted by molar-refractivity contribution is 6.06. The third-order valence-electron chi connectivity index (χ3n) is 3.06. The van der Waals surface area contributed by atoms with Crippen LogP contribution in [-0.4, -0.2) is 23.5 Å². The molecule has 0 aliphatic heterocycles. The number of nitrogens with zero attached hydrogens (tertiary/aromatic N) is 1. The number of carboxylic acids is 1. The largest absolute Gasteiger partial charge is 0.481 e. The number of halogens is 1. The van der Waals surface area contributed by atoms with Crippen molar-refractivity contribution in [3.63, 3.8) is 0 Å². The first-order valence-electron chi connectivity index (χ1n) is 6.48. The Hall–Kier alpha value is -1.91. The Balaban J connectivity index is 3.17. The normalized spacial score (nSPS) is 12.8. The van der Waals surface area contributed by atoms with Crippen molar-refractivity contribution in [3.8, 4) is 0 Å². The van der Waals surface area contributed by atoms with Gasteiger partial charge in [0.05, 0.1) is 0 Å². The van der Waals surface area contributed by atoms with Crippen molar-refractivity contribution < 1.29 is 19.1 Å². The van der Waals surface area contributed by atoms with Gasteiger partial charge in [-0.15, -0.1) is 0 Å². The number of carboxylic acid groups (broad SMARTS) is 1. The first-order chi connectivity index (χ1) is 9.18. The summed E-state index contributed by atoms with van der Waals surface area (Å²) in [5, 5.41) is 9.30. The van der Waals surface area contributed by atoms with Gasteiger partial charge in [0.1, 0.15) is 11.7 Å². The quantitative estimate of drug-likeness (QED) is 0.863. The average molecular weight is 281 g/mol. The monoisotopic (exact) mass is 281 g/mol. The zero-order chi connectivity index (χ0) is 15.5. The highest BCUT2D eigenvalue weighted by Gasteiger charge is 2.40. The van der Waals surface area contributed by atoms with Crippen molar-refractivity contribution in [2.45, 2.75) is 27.7 Å². The van der Waals surface area contributed by atoms with E-state index in [0.29, 0.717) is 5.69 Å². The van der Waals surface area contributed by atoms with Gasteiger partial charge < -0.3 is 10.0 Å². The summed E-state index contributed by atoms with van der Waals surface area (Å²) in [4.78, 5) is 25.2. The molecule has 0 spiro atoms. The molecule has 1 aromatic carbocycles. The fraction of sp³-hybridized carbons (Fsp3) is 0.467. The maximum absolute atomic E-state index is 13.3. The van der Waals surface area contributed by atoms with E-state index in [9.17, 15) is 19.1 Å². The molecule has 1 N–H and O–H groups in total. The maximum Gasteiger partial charge on any atom is 0.316 e. The van der Waals surface area contributed by atoms with Gasteiger partial charge in [0.2, 0.25) is 5.91 Å². The van der Waals surface area contributed by atoms with Crippen LogP contribution in [0.4, 0.5) is 10.1 Å². The summed E-state index contributed by atoms with van der Waals surface area (Å²) in [5.74, 6) is -3.34. The lowest BCUT2D eigenvalue weighted by molar-refractivity contribution is -0.150. The van der Waals surface area contributed by atoms with Crippen LogP contribution in [0.25, 0.3) is 0 Å². The summed E-state index contributed by atoms with van der Waals surface area (Å²) in [7, 11) is 0. The molecular formula is C15H20FNO3. The molecule has 0 aromatic heterocycles. The van der Waals surface area contributed by atoms with Crippen LogP contribution in [0, 0.1) is 17.2 Å². The number of carbonyl (C=O) groups excluding carboxylic acids is 1. The van der Waals surface area contributed by atoms with Crippen LogP contribution in [0.1, 0.15) is 27.7 Å². The van der Waals surface area contributed by atoms with Gasteiger partial charge in [0.25, 0.3) is 0 Å². The highest BCUT2D eigenvalue weighted by Crippen LogP contribution is 2.30. The summed E-state index contributed by atoms with van der Waals surface area (Å²) in [6, 6.07) is 5.59. The standard InChI is InChI=1S/C15H20FNO3/c1-5-17(11-8-6-7-10(16)9-11)13(18)12(14(19)20)15(2,3)4/h6-9,12H,5H2,1-4H3,(H,19,20). The number of amides is 1. The number of hydrogen-bond donors (Lipinski definition) is 1. The van der Waals surface area contributed by atoms with E-state index in [-0.39, 0.29) is 6.54 Å². The average Bonchev–Trinajstić information content (AvgIpc) is 2.27. The van der Waals surface area contributed by atoms with E-state index in [1.807, 2.05) is 0 Å². The van der Waals surface area contributed by atoms with Gasteiger partial charge in [-0.3, -0.25) is 9.59 Å². The Bertz CT molecular complexity index is 508. The lowest BCUT2D eigenvalue weighted by Gasteiger charge is -2.31. The van der Waals surface area contributed by atoms with E-state index in [0.717, 1.165) is 0 Å². The van der Waals surface area contributed by atoms with Crippen LogP contribution < -0.4 is 4.90 Å². The van der Waals surface area contributed by atoms with Gasteiger partial charge in [0.15, 0.2) is 0 Å². The van der Waals surface area contributed by atoms with Gasteiger partial charge in [-0.1, -0.05) is 26.8 Å². The number of rotatable bonds is 4. The second kappa shape index (κ2) is 6.03. The Morgan fingerprint density at radius 1 is 1.35 bits per heavy atom. The molecular weight excluding hydrogens is 261 g/mol. The summed E-state index contributed by atoms with van der Waals surface area (Å²) in [6.07, 6.45) is 0. The van der Waals surface area contributed by atoms with E-state index < -0.39 is 29.0 Å². The van der Waals surface area contributed by atoms with Crippen LogP contribution in [0.3, 0.4) is 0 Å². The molecule has 0 saturated heterocycles. The smallest absolute Gasteiger partial charge is 0.316 e. The van der Waals surface area contributed by atoms with Crippen molar-refractivity contribution in [1.29, 1.82) is 0 Å². The molecule has 0 saturated carbocycles. The SMILES string of the molecule is CCN(C(=O)C(C(=O)O)C(C)(C)C)c1cccc(F)c1. The van der Waals surface area contributed by atoms with Gasteiger partial charge in [-0.05, 0) is 30.5 Å². The Morgan fingerprint density at radius 2 is 1.95 bits per heavy atom. The molecule has 1 aromatic rings. The molecule has 1 amide bonds. The number of hydrogen-bond acceptors (Lipinski definition) is 2. The van der Waals surface area contributed by atoms with Crippen molar-refractivity contribution >= 4 is 17.6 Å². The zero-order valence-electron chi connectivity index (χ0n) is 12.2. The van der Waals surface area contributed by atoms with Gasteiger partial charge in [-0.25, -0.2) is 4.39 Å². The third kappa shape index (κ3) is 3.56. The summed E-state index contributed by atoms with van der Waals surface area (Å²) in [5.41, 5.74) is -0.350. The molecule has 0 fully saturated rings. The van der Waals surface area contributed by atoms with Crippen molar-refractivity contribution in [2.24, 2.45) is 11.3 Å². The molecule has 20 heavy (non-hydrogen) atoms. The number of aliphatic carboxylic acids is 1. The van der Waals surface area contributed by atoms with Crippen LogP contribution in [0.2, 0.25) is 0 Å². The van der Waals surface area contributed by atoms with Crippen molar-refractivity contribution in [3.05, 3.63) is 30.1 Å². The maximum atomic E-state index is 13.3. The third-order valence-corrected chi connectivity index (χ3v) is 3.06. The minimum Gasteiger partial charge on any atom is -0.481 e. The first kappa shape index (κ1) is 16.1. The van der Waals surface area contributed by atoms with Gasteiger partial charge in [-0.2, -0.15) is 0 Å². The Kier molecular flexibility index (Phi) is 4.87. The molecule has 110 valence electrons. The van der Waals surface area contributed by atoms with E-state index in [1.54, 1.807) is 33.8 Å². The predicted octanol–water partition coefficient (Wildman–Crippen LogP) is 2.93. The predicted molar refractivity (Wildman–Crippen MR) is 75.0 cm³/mol. The zero-order valence-corrected chi connectivity index (χ0v) is 12.2. The molecule has 0 heterocycles. The van der Waals surface area contributed by atoms with Gasteiger partial charge in [0, 0.05) is 12.2 Å². The number of carbonyl (C=O) groups is 2. The molecule has 0 radical (unpaired) electrons. The summed E-state index contributed by atoms with van der Waals surface area (Å²) in [6.45, 7) is 7.10. The van der Waals surface area contributed by atoms with E-state index in [2.05, 4.69) is 0 Å².